The van der Waals surface area contributed by atoms with Gasteiger partial charge in [0, 0.05) is 43.5 Å². The summed E-state index contributed by atoms with van der Waals surface area (Å²) in [7, 11) is 0. The highest BCUT2D eigenvalue weighted by Gasteiger charge is 2.31. The van der Waals surface area contributed by atoms with E-state index in [-0.39, 0.29) is 0 Å². The number of aliphatic hydroxyl groups excluding tert-OH is 1. The second-order valence-electron chi connectivity index (χ2n) is 5.82. The maximum Gasteiger partial charge on any atom is 0.0992 e. The summed E-state index contributed by atoms with van der Waals surface area (Å²) in [5.41, 5.74) is 2.60. The molecule has 0 aromatic heterocycles. The smallest absolute Gasteiger partial charge is 0.0992 e. The van der Waals surface area contributed by atoms with Crippen LogP contribution in [-0.2, 0) is 0 Å². The average molecular weight is 271 g/mol. The van der Waals surface area contributed by atoms with Crippen molar-refractivity contribution < 1.29 is 5.11 Å². The number of piperazine rings is 1. The fraction of sp³-hybridized carbons (Fsp3) is 0.562. The Morgan fingerprint density at radius 1 is 1.25 bits per heavy atom. The summed E-state index contributed by atoms with van der Waals surface area (Å²) in [6, 6.07) is 8.59. The van der Waals surface area contributed by atoms with Crippen LogP contribution in [-0.4, -0.2) is 42.2 Å². The lowest BCUT2D eigenvalue weighted by atomic mass is 10.0. The molecule has 0 amide bonds. The van der Waals surface area contributed by atoms with Gasteiger partial charge in [0.1, 0.15) is 0 Å². The fourth-order valence-corrected chi connectivity index (χ4v) is 3.01. The molecular formula is C16H21N3O. The Morgan fingerprint density at radius 3 is 2.50 bits per heavy atom. The molecule has 0 bridgehead atoms. The summed E-state index contributed by atoms with van der Waals surface area (Å²) in [5, 5.41) is 19.0. The van der Waals surface area contributed by atoms with E-state index in [4.69, 9.17) is 5.26 Å². The Bertz CT molecular complexity index is 523. The first-order valence-electron chi connectivity index (χ1n) is 7.40. The third kappa shape index (κ3) is 2.65. The van der Waals surface area contributed by atoms with Gasteiger partial charge < -0.3 is 10.0 Å². The van der Waals surface area contributed by atoms with Crippen molar-refractivity contribution >= 4 is 5.69 Å². The molecule has 1 aliphatic carbocycles. The minimum Gasteiger partial charge on any atom is -0.389 e. The molecule has 1 N–H and O–H groups in total. The lowest BCUT2D eigenvalue weighted by Crippen LogP contribution is -2.47. The second-order valence-corrected chi connectivity index (χ2v) is 5.82. The lowest BCUT2D eigenvalue weighted by Gasteiger charge is -2.37. The summed E-state index contributed by atoms with van der Waals surface area (Å²) in [4.78, 5) is 4.87. The predicted octanol–water partition coefficient (Wildman–Crippen LogP) is 1.90. The Balaban J connectivity index is 1.80. The Labute approximate surface area is 120 Å². The van der Waals surface area contributed by atoms with Crippen molar-refractivity contribution in [2.75, 3.05) is 31.1 Å². The van der Waals surface area contributed by atoms with E-state index in [0.717, 1.165) is 43.5 Å². The Kier molecular flexibility index (Phi) is 3.64. The first-order chi connectivity index (χ1) is 9.69. The van der Waals surface area contributed by atoms with Crippen molar-refractivity contribution in [1.29, 1.82) is 5.26 Å². The van der Waals surface area contributed by atoms with Gasteiger partial charge in [-0.2, -0.15) is 5.26 Å². The van der Waals surface area contributed by atoms with Crippen molar-refractivity contribution in [2.24, 2.45) is 0 Å². The van der Waals surface area contributed by atoms with Crippen LogP contribution >= 0.6 is 0 Å². The zero-order chi connectivity index (χ0) is 14.1. The first kappa shape index (κ1) is 13.4. The predicted molar refractivity (Wildman–Crippen MR) is 78.6 cm³/mol. The number of rotatable bonds is 3. The quantitative estimate of drug-likeness (QED) is 0.912. The minimum absolute atomic E-state index is 0.501. The molecule has 3 rings (SSSR count). The van der Waals surface area contributed by atoms with Crippen molar-refractivity contribution in [3.8, 4) is 6.07 Å². The van der Waals surface area contributed by atoms with E-state index in [1.807, 2.05) is 12.1 Å². The van der Waals surface area contributed by atoms with Crippen molar-refractivity contribution in [2.45, 2.75) is 31.9 Å². The van der Waals surface area contributed by atoms with Gasteiger partial charge in [0.05, 0.1) is 17.7 Å². The van der Waals surface area contributed by atoms with Gasteiger partial charge in [-0.15, -0.1) is 0 Å². The van der Waals surface area contributed by atoms with E-state index >= 15 is 0 Å². The van der Waals surface area contributed by atoms with Crippen LogP contribution in [0.15, 0.2) is 18.2 Å². The van der Waals surface area contributed by atoms with E-state index in [1.54, 1.807) is 13.0 Å². The molecule has 2 fully saturated rings. The van der Waals surface area contributed by atoms with Crippen LogP contribution in [0.1, 0.15) is 37.0 Å². The topological polar surface area (TPSA) is 50.5 Å². The standard InChI is InChI=1S/C16H21N3O/c1-12(20)15-5-2-13(11-17)10-16(15)19-8-6-18(7-9-19)14-3-4-14/h2,5,10,12,14,20H,3-4,6-9H2,1H3/t12-/m0/s1. The minimum atomic E-state index is -0.501. The molecule has 106 valence electrons. The van der Waals surface area contributed by atoms with Crippen molar-refractivity contribution in [3.63, 3.8) is 0 Å². The molecule has 0 unspecified atom stereocenters. The highest BCUT2D eigenvalue weighted by atomic mass is 16.3. The Morgan fingerprint density at radius 2 is 1.95 bits per heavy atom. The van der Waals surface area contributed by atoms with Gasteiger partial charge >= 0.3 is 0 Å². The molecule has 1 aromatic carbocycles. The van der Waals surface area contributed by atoms with Crippen LogP contribution in [0.25, 0.3) is 0 Å². The van der Waals surface area contributed by atoms with Gasteiger partial charge in [0.15, 0.2) is 0 Å². The van der Waals surface area contributed by atoms with Crippen molar-refractivity contribution in [3.05, 3.63) is 29.3 Å². The van der Waals surface area contributed by atoms with Crippen LogP contribution < -0.4 is 4.90 Å². The molecule has 4 heteroatoms. The monoisotopic (exact) mass is 271 g/mol. The van der Waals surface area contributed by atoms with Crippen LogP contribution in [0, 0.1) is 11.3 Å². The van der Waals surface area contributed by atoms with Gasteiger partial charge in [-0.3, -0.25) is 4.90 Å². The van der Waals surface area contributed by atoms with E-state index in [0.29, 0.717) is 5.56 Å². The van der Waals surface area contributed by atoms with Gasteiger partial charge in [-0.1, -0.05) is 6.07 Å². The fourth-order valence-electron chi connectivity index (χ4n) is 3.01. The molecule has 1 heterocycles. The summed E-state index contributed by atoms with van der Waals surface area (Å²) in [5.74, 6) is 0. The molecule has 1 saturated carbocycles. The maximum atomic E-state index is 9.93. The van der Waals surface area contributed by atoms with Crippen LogP contribution in [0.5, 0.6) is 0 Å². The molecule has 20 heavy (non-hydrogen) atoms. The molecule has 1 atom stereocenters. The third-order valence-corrected chi connectivity index (χ3v) is 4.33. The van der Waals surface area contributed by atoms with Crippen LogP contribution in [0.3, 0.4) is 0 Å². The molecule has 2 aliphatic rings. The normalized spacial score (nSPS) is 21.6. The van der Waals surface area contributed by atoms with E-state index < -0.39 is 6.10 Å². The number of nitriles is 1. The highest BCUT2D eigenvalue weighted by Crippen LogP contribution is 2.31. The largest absolute Gasteiger partial charge is 0.389 e. The molecule has 4 nitrogen and oxygen atoms in total. The van der Waals surface area contributed by atoms with Gasteiger partial charge in [-0.05, 0) is 31.9 Å². The second kappa shape index (κ2) is 5.43. The number of aliphatic hydroxyl groups is 1. The van der Waals surface area contributed by atoms with E-state index in [1.165, 1.54) is 12.8 Å². The molecule has 1 saturated heterocycles. The van der Waals surface area contributed by atoms with Gasteiger partial charge in [0.2, 0.25) is 0 Å². The number of nitrogens with zero attached hydrogens (tertiary/aromatic N) is 3. The lowest BCUT2D eigenvalue weighted by molar-refractivity contribution is 0.198. The first-order valence-corrected chi connectivity index (χ1v) is 7.40. The zero-order valence-corrected chi connectivity index (χ0v) is 11.9. The summed E-state index contributed by atoms with van der Waals surface area (Å²) >= 11 is 0. The highest BCUT2D eigenvalue weighted by molar-refractivity contribution is 5.58. The number of anilines is 1. The molecule has 0 radical (unpaired) electrons. The molecule has 0 spiro atoms. The molecule has 1 aliphatic heterocycles. The van der Waals surface area contributed by atoms with E-state index in [9.17, 15) is 5.11 Å². The zero-order valence-electron chi connectivity index (χ0n) is 11.9. The van der Waals surface area contributed by atoms with Crippen LogP contribution in [0.2, 0.25) is 0 Å². The average Bonchev–Trinajstić information content (AvgIpc) is 3.31. The molecule has 1 aromatic rings. The number of benzene rings is 1. The van der Waals surface area contributed by atoms with E-state index in [2.05, 4.69) is 15.9 Å². The summed E-state index contributed by atoms with van der Waals surface area (Å²) < 4.78 is 0. The van der Waals surface area contributed by atoms with Gasteiger partial charge in [0.25, 0.3) is 0 Å². The molecular weight excluding hydrogens is 250 g/mol. The Hall–Kier alpha value is -1.57. The van der Waals surface area contributed by atoms with Crippen LogP contribution in [0.4, 0.5) is 5.69 Å². The number of hydrogen-bond acceptors (Lipinski definition) is 4. The number of hydrogen-bond donors (Lipinski definition) is 1. The van der Waals surface area contributed by atoms with Crippen molar-refractivity contribution in [1.82, 2.24) is 4.90 Å². The SMILES string of the molecule is C[C@H](O)c1ccc(C#N)cc1N1CCN(C2CC2)CC1. The maximum absolute atomic E-state index is 9.93. The summed E-state index contributed by atoms with van der Waals surface area (Å²) in [6.45, 7) is 5.91. The third-order valence-electron chi connectivity index (χ3n) is 4.33. The van der Waals surface area contributed by atoms with Gasteiger partial charge in [-0.25, -0.2) is 0 Å². The summed E-state index contributed by atoms with van der Waals surface area (Å²) in [6.07, 6.45) is 2.20.